The van der Waals surface area contributed by atoms with E-state index in [1.165, 1.54) is 21.6 Å². The predicted octanol–water partition coefficient (Wildman–Crippen LogP) is 8.51. The van der Waals surface area contributed by atoms with Crippen LogP contribution < -0.4 is 4.90 Å². The highest BCUT2D eigenvalue weighted by Crippen LogP contribution is 2.54. The van der Waals surface area contributed by atoms with Crippen molar-refractivity contribution in [2.75, 3.05) is 4.90 Å². The summed E-state index contributed by atoms with van der Waals surface area (Å²) in [6.45, 7) is 4.56. The van der Waals surface area contributed by atoms with E-state index in [-0.39, 0.29) is 11.0 Å². The number of anilines is 3. The summed E-state index contributed by atoms with van der Waals surface area (Å²) in [5.74, 6) is 0. The molecule has 5 rings (SSSR count). The Morgan fingerprint density at radius 2 is 1.43 bits per heavy atom. The molecular weight excluding hydrogens is 446 g/mol. The Morgan fingerprint density at radius 1 is 0.800 bits per heavy atom. The van der Waals surface area contributed by atoms with E-state index in [9.17, 15) is 0 Å². The van der Waals surface area contributed by atoms with E-state index >= 15 is 0 Å². The minimum atomic E-state index is -0.136. The maximum atomic E-state index is 8.93. The van der Waals surface area contributed by atoms with Crippen molar-refractivity contribution in [3.8, 4) is 22.6 Å². The van der Waals surface area contributed by atoms with Crippen LogP contribution in [0.25, 0.3) is 16.5 Å². The second-order valence-electron chi connectivity index (χ2n) is 8.92. The average Bonchev–Trinajstić information content (AvgIpc) is 3.40. The molecule has 0 spiro atoms. The van der Waals surface area contributed by atoms with Gasteiger partial charge in [-0.1, -0.05) is 62.4 Å². The molecule has 0 unspecified atom stereocenters. The molecule has 0 aliphatic heterocycles. The van der Waals surface area contributed by atoms with Crippen molar-refractivity contribution < 1.29 is 0 Å². The summed E-state index contributed by atoms with van der Waals surface area (Å²) < 4.78 is 0. The molecule has 0 amide bonds. The third kappa shape index (κ3) is 4.06. The lowest BCUT2D eigenvalue weighted by atomic mass is 9.82. The Bertz CT molecular complexity index is 1470. The number of nitriles is 2. The van der Waals surface area contributed by atoms with Crippen LogP contribution in [0.15, 0.2) is 103 Å². The van der Waals surface area contributed by atoms with Gasteiger partial charge < -0.3 is 4.90 Å². The molecule has 3 aromatic carbocycles. The van der Waals surface area contributed by atoms with Gasteiger partial charge in [0.2, 0.25) is 0 Å². The van der Waals surface area contributed by atoms with Gasteiger partial charge in [-0.25, -0.2) is 0 Å². The van der Waals surface area contributed by atoms with Crippen molar-refractivity contribution in [3.05, 3.63) is 119 Å². The highest BCUT2D eigenvalue weighted by atomic mass is 32.1. The van der Waals surface area contributed by atoms with Gasteiger partial charge >= 0.3 is 0 Å². The largest absolute Gasteiger partial charge is 0.310 e. The fourth-order valence-corrected chi connectivity index (χ4v) is 5.90. The zero-order valence-corrected chi connectivity index (χ0v) is 20.4. The summed E-state index contributed by atoms with van der Waals surface area (Å²) in [6.07, 6.45) is 5.30. The topological polar surface area (TPSA) is 50.8 Å². The number of thiophene rings is 1. The Balaban J connectivity index is 1.56. The first kappa shape index (κ1) is 22.4. The van der Waals surface area contributed by atoms with Crippen molar-refractivity contribution in [1.29, 1.82) is 10.5 Å². The van der Waals surface area contributed by atoms with Gasteiger partial charge in [0.05, 0.1) is 0 Å². The van der Waals surface area contributed by atoms with E-state index in [4.69, 9.17) is 10.5 Å². The van der Waals surface area contributed by atoms with Crippen LogP contribution in [-0.2, 0) is 5.41 Å². The second kappa shape index (κ2) is 9.11. The monoisotopic (exact) mass is 469 g/mol. The lowest BCUT2D eigenvalue weighted by Crippen LogP contribution is -2.16. The van der Waals surface area contributed by atoms with Crippen LogP contribution in [0.4, 0.5) is 17.1 Å². The molecule has 168 valence electrons. The quantitative estimate of drug-likeness (QED) is 0.217. The van der Waals surface area contributed by atoms with E-state index in [0.717, 1.165) is 21.9 Å². The summed E-state index contributed by atoms with van der Waals surface area (Å²) in [5.41, 5.74) is 7.25. The van der Waals surface area contributed by atoms with Crippen LogP contribution >= 0.6 is 11.3 Å². The van der Waals surface area contributed by atoms with Crippen LogP contribution in [0.3, 0.4) is 0 Å². The number of para-hydroxylation sites is 2. The van der Waals surface area contributed by atoms with Crippen molar-refractivity contribution in [2.45, 2.75) is 19.3 Å². The van der Waals surface area contributed by atoms with Crippen LogP contribution in [0.2, 0.25) is 0 Å². The number of hydrogen-bond acceptors (Lipinski definition) is 4. The molecular formula is C31H23N3S. The standard InChI is InChI=1S/C31H23N3S/c1-31(2)28-18-25(34(23-11-5-3-6-12-23)24-13-7-4-8-14-24)16-17-27(28)30-29(31)19-26(35-30)15-9-10-22(20-32)21-33/h3-19H,1-2H3/b15-9+. The summed E-state index contributed by atoms with van der Waals surface area (Å²) in [4.78, 5) is 4.69. The molecule has 0 saturated heterocycles. The fraction of sp³-hybridized carbons (Fsp3) is 0.0968. The molecule has 35 heavy (non-hydrogen) atoms. The summed E-state index contributed by atoms with van der Waals surface area (Å²) in [5, 5.41) is 17.9. The molecule has 4 heteroatoms. The molecule has 0 atom stereocenters. The number of fused-ring (bicyclic) bond motifs is 3. The first-order valence-electron chi connectivity index (χ1n) is 11.4. The maximum Gasteiger partial charge on any atom is 0.129 e. The zero-order valence-electron chi connectivity index (χ0n) is 19.6. The molecule has 0 N–H and O–H groups in total. The molecule has 0 fully saturated rings. The molecule has 0 radical (unpaired) electrons. The summed E-state index contributed by atoms with van der Waals surface area (Å²) in [6, 6.07) is 33.7. The van der Waals surface area contributed by atoms with Crippen LogP contribution in [0.1, 0.15) is 29.9 Å². The number of hydrogen-bond donors (Lipinski definition) is 0. The Kier molecular flexibility index (Phi) is 5.83. The summed E-state index contributed by atoms with van der Waals surface area (Å²) >= 11 is 1.75. The van der Waals surface area contributed by atoms with Crippen molar-refractivity contribution in [1.82, 2.24) is 0 Å². The van der Waals surface area contributed by atoms with Crippen LogP contribution in [-0.4, -0.2) is 0 Å². The lowest BCUT2D eigenvalue weighted by Gasteiger charge is -2.28. The van der Waals surface area contributed by atoms with Gasteiger partial charge in [0.25, 0.3) is 0 Å². The van der Waals surface area contributed by atoms with Gasteiger partial charge in [0, 0.05) is 32.2 Å². The van der Waals surface area contributed by atoms with Gasteiger partial charge in [0.15, 0.2) is 0 Å². The van der Waals surface area contributed by atoms with Crippen LogP contribution in [0.5, 0.6) is 0 Å². The van der Waals surface area contributed by atoms with E-state index in [0.29, 0.717) is 0 Å². The number of benzene rings is 3. The second-order valence-corrected chi connectivity index (χ2v) is 10.00. The van der Waals surface area contributed by atoms with E-state index in [2.05, 4.69) is 91.5 Å². The van der Waals surface area contributed by atoms with E-state index in [1.54, 1.807) is 23.5 Å². The Labute approximate surface area is 210 Å². The van der Waals surface area contributed by atoms with E-state index in [1.807, 2.05) is 30.3 Å². The molecule has 3 nitrogen and oxygen atoms in total. The SMILES string of the molecule is CC1(C)c2cc(N(c3ccccc3)c3ccccc3)ccc2-c2sc(/C=C/C=C(C#N)C#N)cc21. The normalized spacial score (nSPS) is 12.9. The fourth-order valence-electron chi connectivity index (χ4n) is 4.63. The van der Waals surface area contributed by atoms with Crippen molar-refractivity contribution >= 4 is 34.5 Å². The number of allylic oxidation sites excluding steroid dienone is 3. The van der Waals surface area contributed by atoms with Crippen molar-refractivity contribution in [3.63, 3.8) is 0 Å². The first-order valence-corrected chi connectivity index (χ1v) is 12.2. The zero-order chi connectivity index (χ0) is 24.4. The molecule has 1 aliphatic carbocycles. The molecule has 1 heterocycles. The molecule has 0 bridgehead atoms. The summed E-state index contributed by atoms with van der Waals surface area (Å²) in [7, 11) is 0. The highest BCUT2D eigenvalue weighted by Gasteiger charge is 2.37. The molecule has 4 aromatic rings. The van der Waals surface area contributed by atoms with Gasteiger partial charge in [-0.2, -0.15) is 10.5 Å². The van der Waals surface area contributed by atoms with Gasteiger partial charge in [-0.15, -0.1) is 11.3 Å². The van der Waals surface area contributed by atoms with Crippen molar-refractivity contribution in [2.24, 2.45) is 0 Å². The van der Waals surface area contributed by atoms with Crippen LogP contribution in [0, 0.1) is 22.7 Å². The first-order chi connectivity index (χ1) is 17.0. The van der Waals surface area contributed by atoms with E-state index < -0.39 is 0 Å². The predicted molar refractivity (Wildman–Crippen MR) is 145 cm³/mol. The molecule has 0 saturated carbocycles. The minimum Gasteiger partial charge on any atom is -0.310 e. The maximum absolute atomic E-state index is 8.93. The van der Waals surface area contributed by atoms with Gasteiger partial charge in [-0.3, -0.25) is 0 Å². The third-order valence-electron chi connectivity index (χ3n) is 6.40. The third-order valence-corrected chi connectivity index (χ3v) is 7.53. The Morgan fingerprint density at radius 3 is 2.03 bits per heavy atom. The van der Waals surface area contributed by atoms with Gasteiger partial charge in [-0.05, 0) is 71.3 Å². The number of nitrogens with zero attached hydrogens (tertiary/aromatic N) is 3. The smallest absolute Gasteiger partial charge is 0.129 e. The Hall–Kier alpha value is -4.38. The highest BCUT2D eigenvalue weighted by molar-refractivity contribution is 7.16. The average molecular weight is 470 g/mol. The lowest BCUT2D eigenvalue weighted by molar-refractivity contribution is 0.662. The van der Waals surface area contributed by atoms with Gasteiger partial charge in [0.1, 0.15) is 17.7 Å². The molecule has 1 aliphatic rings. The minimum absolute atomic E-state index is 0.102. The number of rotatable bonds is 5. The molecule has 1 aromatic heterocycles.